The number of hydrogen-bond acceptors (Lipinski definition) is 3. The summed E-state index contributed by atoms with van der Waals surface area (Å²) in [5.74, 6) is 0.692. The highest BCUT2D eigenvalue weighted by Gasteiger charge is 2.09. The summed E-state index contributed by atoms with van der Waals surface area (Å²) >= 11 is 6.16. The molecular formula is C11H13ClN4. The van der Waals surface area contributed by atoms with Crippen molar-refractivity contribution >= 4 is 11.6 Å². The summed E-state index contributed by atoms with van der Waals surface area (Å²) < 4.78 is 1.87. The van der Waals surface area contributed by atoms with Crippen LogP contribution in [0.1, 0.15) is 17.0 Å². The van der Waals surface area contributed by atoms with Crippen molar-refractivity contribution in [3.05, 3.63) is 40.6 Å². The third-order valence-electron chi connectivity index (χ3n) is 2.59. The molecule has 4 nitrogen and oxygen atoms in total. The molecule has 0 saturated carbocycles. The van der Waals surface area contributed by atoms with Crippen LogP contribution in [0.5, 0.6) is 0 Å². The third kappa shape index (κ3) is 1.81. The van der Waals surface area contributed by atoms with Gasteiger partial charge in [-0.05, 0) is 25.5 Å². The van der Waals surface area contributed by atoms with Crippen molar-refractivity contribution in [2.24, 2.45) is 5.73 Å². The average Bonchev–Trinajstić information content (AvgIpc) is 2.60. The lowest BCUT2D eigenvalue weighted by molar-refractivity contribution is 0.937. The Bertz CT molecular complexity index is 519. The third-order valence-corrected chi connectivity index (χ3v) is 2.87. The Kier molecular flexibility index (Phi) is 2.94. The standard InChI is InChI=1S/C11H13ClN4/c1-7-8(2)16(6-15-7)11-10(12)3-9(4-13)5-14-11/h3,5-6H,4,13H2,1-2H3. The Morgan fingerprint density at radius 2 is 2.12 bits per heavy atom. The zero-order chi connectivity index (χ0) is 11.7. The van der Waals surface area contributed by atoms with Crippen molar-refractivity contribution in [1.29, 1.82) is 0 Å². The van der Waals surface area contributed by atoms with Crippen molar-refractivity contribution in [1.82, 2.24) is 14.5 Å². The van der Waals surface area contributed by atoms with Crippen molar-refractivity contribution in [2.75, 3.05) is 0 Å². The molecule has 2 rings (SSSR count). The van der Waals surface area contributed by atoms with E-state index in [9.17, 15) is 0 Å². The van der Waals surface area contributed by atoms with Crippen LogP contribution in [0.4, 0.5) is 0 Å². The van der Waals surface area contributed by atoms with E-state index in [0.29, 0.717) is 17.4 Å². The molecule has 0 bridgehead atoms. The zero-order valence-corrected chi connectivity index (χ0v) is 9.99. The van der Waals surface area contributed by atoms with E-state index >= 15 is 0 Å². The summed E-state index contributed by atoms with van der Waals surface area (Å²) in [6.45, 7) is 4.38. The topological polar surface area (TPSA) is 56.7 Å². The first-order valence-corrected chi connectivity index (χ1v) is 5.36. The first kappa shape index (κ1) is 11.1. The van der Waals surface area contributed by atoms with E-state index in [1.807, 2.05) is 24.5 Å². The molecule has 16 heavy (non-hydrogen) atoms. The van der Waals surface area contributed by atoms with E-state index in [1.54, 1.807) is 12.5 Å². The summed E-state index contributed by atoms with van der Waals surface area (Å²) in [6, 6.07) is 1.83. The van der Waals surface area contributed by atoms with E-state index in [0.717, 1.165) is 17.0 Å². The lowest BCUT2D eigenvalue weighted by atomic mass is 10.3. The van der Waals surface area contributed by atoms with Crippen LogP contribution in [0.25, 0.3) is 5.82 Å². The van der Waals surface area contributed by atoms with E-state index in [2.05, 4.69) is 9.97 Å². The van der Waals surface area contributed by atoms with Crippen molar-refractivity contribution in [3.8, 4) is 5.82 Å². The highest BCUT2D eigenvalue weighted by atomic mass is 35.5. The van der Waals surface area contributed by atoms with Gasteiger partial charge < -0.3 is 5.73 Å². The molecular weight excluding hydrogens is 224 g/mol. The molecule has 0 aliphatic carbocycles. The molecule has 0 fully saturated rings. The number of nitrogens with zero attached hydrogens (tertiary/aromatic N) is 3. The Balaban J connectivity index is 2.52. The van der Waals surface area contributed by atoms with Crippen LogP contribution in [0, 0.1) is 13.8 Å². The fourth-order valence-corrected chi connectivity index (χ4v) is 1.75. The molecule has 5 heteroatoms. The Morgan fingerprint density at radius 1 is 1.38 bits per heavy atom. The minimum absolute atomic E-state index is 0.439. The minimum atomic E-state index is 0.439. The van der Waals surface area contributed by atoms with Gasteiger partial charge in [-0.3, -0.25) is 4.57 Å². The van der Waals surface area contributed by atoms with Crippen LogP contribution >= 0.6 is 11.6 Å². The number of imidazole rings is 1. The molecule has 0 aliphatic heterocycles. The molecule has 0 amide bonds. The smallest absolute Gasteiger partial charge is 0.156 e. The molecule has 0 spiro atoms. The van der Waals surface area contributed by atoms with E-state index in [1.165, 1.54) is 0 Å². The van der Waals surface area contributed by atoms with Gasteiger partial charge in [0, 0.05) is 18.4 Å². The van der Waals surface area contributed by atoms with Crippen molar-refractivity contribution in [2.45, 2.75) is 20.4 Å². The SMILES string of the molecule is Cc1ncn(-c2ncc(CN)cc2Cl)c1C. The zero-order valence-electron chi connectivity index (χ0n) is 9.24. The Morgan fingerprint density at radius 3 is 2.62 bits per heavy atom. The maximum Gasteiger partial charge on any atom is 0.156 e. The summed E-state index contributed by atoms with van der Waals surface area (Å²) in [6.07, 6.45) is 3.46. The van der Waals surface area contributed by atoms with Gasteiger partial charge in [-0.2, -0.15) is 0 Å². The first-order valence-electron chi connectivity index (χ1n) is 4.99. The van der Waals surface area contributed by atoms with Crippen molar-refractivity contribution < 1.29 is 0 Å². The van der Waals surface area contributed by atoms with E-state index < -0.39 is 0 Å². The second kappa shape index (κ2) is 4.23. The first-order chi connectivity index (χ1) is 7.63. The molecule has 2 aromatic rings. The van der Waals surface area contributed by atoms with Crippen LogP contribution in [-0.4, -0.2) is 14.5 Å². The second-order valence-electron chi connectivity index (χ2n) is 3.64. The van der Waals surface area contributed by atoms with Gasteiger partial charge in [-0.25, -0.2) is 9.97 Å². The van der Waals surface area contributed by atoms with E-state index in [4.69, 9.17) is 17.3 Å². The number of pyridine rings is 1. The van der Waals surface area contributed by atoms with Crippen LogP contribution in [-0.2, 0) is 6.54 Å². The lowest BCUT2D eigenvalue weighted by Gasteiger charge is -2.07. The predicted molar refractivity (Wildman–Crippen MR) is 63.7 cm³/mol. The maximum absolute atomic E-state index is 6.16. The quantitative estimate of drug-likeness (QED) is 0.868. The Labute approximate surface area is 99.1 Å². The van der Waals surface area contributed by atoms with Crippen LogP contribution in [0.2, 0.25) is 5.02 Å². The summed E-state index contributed by atoms with van der Waals surface area (Å²) in [7, 11) is 0. The molecule has 0 saturated heterocycles. The monoisotopic (exact) mass is 236 g/mol. The Hall–Kier alpha value is -1.39. The van der Waals surface area contributed by atoms with E-state index in [-0.39, 0.29) is 0 Å². The number of hydrogen-bond donors (Lipinski definition) is 1. The number of nitrogens with two attached hydrogens (primary N) is 1. The minimum Gasteiger partial charge on any atom is -0.326 e. The van der Waals surface area contributed by atoms with Crippen LogP contribution < -0.4 is 5.73 Å². The van der Waals surface area contributed by atoms with Crippen molar-refractivity contribution in [3.63, 3.8) is 0 Å². The molecule has 0 aliphatic rings. The largest absolute Gasteiger partial charge is 0.326 e. The highest BCUT2D eigenvalue weighted by molar-refractivity contribution is 6.32. The van der Waals surface area contributed by atoms with Gasteiger partial charge in [-0.15, -0.1) is 0 Å². The van der Waals surface area contributed by atoms with Crippen LogP contribution in [0.15, 0.2) is 18.6 Å². The molecule has 2 heterocycles. The van der Waals surface area contributed by atoms with Gasteiger partial charge in [-0.1, -0.05) is 11.6 Å². The maximum atomic E-state index is 6.16. The molecule has 2 aromatic heterocycles. The number of aromatic nitrogens is 3. The molecule has 2 N–H and O–H groups in total. The highest BCUT2D eigenvalue weighted by Crippen LogP contribution is 2.21. The van der Waals surface area contributed by atoms with Gasteiger partial charge in [0.15, 0.2) is 5.82 Å². The molecule has 0 unspecified atom stereocenters. The second-order valence-corrected chi connectivity index (χ2v) is 4.05. The number of rotatable bonds is 2. The van der Waals surface area contributed by atoms with Gasteiger partial charge in [0.05, 0.1) is 10.7 Å². The molecule has 0 aromatic carbocycles. The predicted octanol–water partition coefficient (Wildman–Crippen LogP) is 2.00. The van der Waals surface area contributed by atoms with Crippen LogP contribution in [0.3, 0.4) is 0 Å². The molecule has 84 valence electrons. The summed E-state index contributed by atoms with van der Waals surface area (Å²) in [4.78, 5) is 8.52. The van der Waals surface area contributed by atoms with Gasteiger partial charge in [0.25, 0.3) is 0 Å². The summed E-state index contributed by atoms with van der Waals surface area (Å²) in [5, 5.41) is 0.587. The number of aryl methyl sites for hydroxylation is 1. The summed E-state index contributed by atoms with van der Waals surface area (Å²) in [5.41, 5.74) is 8.45. The fraction of sp³-hybridized carbons (Fsp3) is 0.273. The normalized spacial score (nSPS) is 10.8. The van der Waals surface area contributed by atoms with Gasteiger partial charge >= 0.3 is 0 Å². The number of halogens is 1. The van der Waals surface area contributed by atoms with Gasteiger partial charge in [0.1, 0.15) is 6.33 Å². The lowest BCUT2D eigenvalue weighted by Crippen LogP contribution is -2.03. The fourth-order valence-electron chi connectivity index (χ4n) is 1.47. The van der Waals surface area contributed by atoms with Gasteiger partial charge in [0.2, 0.25) is 0 Å². The molecule has 0 atom stereocenters. The average molecular weight is 237 g/mol. The molecule has 0 radical (unpaired) electrons.